The lowest BCUT2D eigenvalue weighted by atomic mass is 10.1. The van der Waals surface area contributed by atoms with Gasteiger partial charge in [-0.25, -0.2) is 19.2 Å². The average Bonchev–Trinajstić information content (AvgIpc) is 3.49. The molecule has 0 amide bonds. The van der Waals surface area contributed by atoms with E-state index in [0.29, 0.717) is 0 Å². The van der Waals surface area contributed by atoms with Crippen LogP contribution < -0.4 is 5.69 Å². The Morgan fingerprint density at radius 2 is 1.59 bits per heavy atom. The Hall–Kier alpha value is -4.46. The molecule has 0 saturated heterocycles. The van der Waals surface area contributed by atoms with E-state index >= 15 is 0 Å². The summed E-state index contributed by atoms with van der Waals surface area (Å²) in [4.78, 5) is 21.7. The molecular weight excluding hydrogens is 431 g/mol. The van der Waals surface area contributed by atoms with E-state index in [1.54, 1.807) is 41.8 Å². The molecule has 34 heavy (non-hydrogen) atoms. The van der Waals surface area contributed by atoms with Gasteiger partial charge in [-0.3, -0.25) is 13.7 Å². The van der Waals surface area contributed by atoms with E-state index in [0.717, 1.165) is 50.4 Å². The Labute approximate surface area is 194 Å². The summed E-state index contributed by atoms with van der Waals surface area (Å²) in [6.45, 7) is 0. The first-order valence-electron chi connectivity index (χ1n) is 10.8. The van der Waals surface area contributed by atoms with Crippen LogP contribution in [0.4, 0.5) is 4.39 Å². The van der Waals surface area contributed by atoms with Gasteiger partial charge in [-0.1, -0.05) is 18.2 Å². The molecule has 8 heteroatoms. The van der Waals surface area contributed by atoms with Crippen LogP contribution in [0.25, 0.3) is 50.4 Å². The van der Waals surface area contributed by atoms with Gasteiger partial charge < -0.3 is 4.57 Å². The van der Waals surface area contributed by atoms with E-state index in [2.05, 4.69) is 9.55 Å². The summed E-state index contributed by atoms with van der Waals surface area (Å²) >= 11 is 0. The fraction of sp³-hybridized carbons (Fsp3) is 0.115. The Bertz CT molecular complexity index is 1780. The first kappa shape index (κ1) is 20.2. The maximum Gasteiger partial charge on any atom is 0.328 e. The molecule has 0 N–H and O–H groups in total. The lowest BCUT2D eigenvalue weighted by Crippen LogP contribution is -2.19. The van der Waals surface area contributed by atoms with Crippen LogP contribution in [0.1, 0.15) is 0 Å². The monoisotopic (exact) mass is 452 g/mol. The second-order valence-electron chi connectivity index (χ2n) is 8.45. The van der Waals surface area contributed by atoms with Crippen molar-refractivity contribution >= 4 is 22.1 Å². The number of fused-ring (bicyclic) bond motifs is 2. The highest BCUT2D eigenvalue weighted by molar-refractivity contribution is 5.88. The number of nitrogens with zero attached hydrogens (tertiary/aromatic N) is 6. The predicted octanol–water partition coefficient (Wildman–Crippen LogP) is 4.42. The Morgan fingerprint density at radius 1 is 0.824 bits per heavy atom. The molecule has 3 aromatic heterocycles. The fourth-order valence-corrected chi connectivity index (χ4v) is 4.57. The third kappa shape index (κ3) is 2.92. The molecule has 0 aliphatic rings. The van der Waals surface area contributed by atoms with Crippen molar-refractivity contribution in [3.05, 3.63) is 89.5 Å². The van der Waals surface area contributed by atoms with Crippen molar-refractivity contribution < 1.29 is 4.39 Å². The fourth-order valence-electron chi connectivity index (χ4n) is 4.57. The number of benzene rings is 3. The second kappa shape index (κ2) is 7.28. The molecule has 0 aliphatic carbocycles. The number of hydrogen-bond acceptors (Lipinski definition) is 3. The van der Waals surface area contributed by atoms with Gasteiger partial charge in [-0.2, -0.15) is 0 Å². The zero-order valence-electron chi connectivity index (χ0n) is 18.9. The van der Waals surface area contributed by atoms with Gasteiger partial charge in [0.1, 0.15) is 11.5 Å². The number of aryl methyl sites for hydroxylation is 3. The third-order valence-electron chi connectivity index (χ3n) is 6.37. The predicted molar refractivity (Wildman–Crippen MR) is 130 cm³/mol. The van der Waals surface area contributed by atoms with E-state index < -0.39 is 0 Å². The Morgan fingerprint density at radius 3 is 2.35 bits per heavy atom. The third-order valence-corrected chi connectivity index (χ3v) is 6.37. The minimum Gasteiger partial charge on any atom is -0.331 e. The summed E-state index contributed by atoms with van der Waals surface area (Å²) in [7, 11) is 5.47. The number of hydrogen-bond donors (Lipinski definition) is 0. The maximum absolute atomic E-state index is 13.8. The first-order valence-corrected chi connectivity index (χ1v) is 10.8. The van der Waals surface area contributed by atoms with Crippen LogP contribution >= 0.6 is 0 Å². The molecule has 0 radical (unpaired) electrons. The highest BCUT2D eigenvalue weighted by Crippen LogP contribution is 2.32. The van der Waals surface area contributed by atoms with Crippen molar-refractivity contribution in [3.8, 4) is 28.3 Å². The van der Waals surface area contributed by atoms with Crippen molar-refractivity contribution in [2.24, 2.45) is 21.1 Å². The van der Waals surface area contributed by atoms with Gasteiger partial charge >= 0.3 is 5.69 Å². The van der Waals surface area contributed by atoms with E-state index in [-0.39, 0.29) is 11.5 Å². The average molecular weight is 452 g/mol. The largest absolute Gasteiger partial charge is 0.331 e. The summed E-state index contributed by atoms with van der Waals surface area (Å²) in [6.07, 6.45) is 3.52. The summed E-state index contributed by atoms with van der Waals surface area (Å²) in [5, 5.41) is 0. The van der Waals surface area contributed by atoms with Gasteiger partial charge in [-0.15, -0.1) is 0 Å². The van der Waals surface area contributed by atoms with Gasteiger partial charge in [0.25, 0.3) is 0 Å². The normalized spacial score (nSPS) is 11.6. The molecule has 6 aromatic rings. The minimum absolute atomic E-state index is 0.0748. The molecule has 0 saturated carbocycles. The van der Waals surface area contributed by atoms with Crippen LogP contribution in [0.15, 0.2) is 78.0 Å². The van der Waals surface area contributed by atoms with Crippen LogP contribution in [-0.4, -0.2) is 28.2 Å². The Balaban J connectivity index is 1.64. The van der Waals surface area contributed by atoms with Crippen molar-refractivity contribution in [1.82, 2.24) is 28.2 Å². The van der Waals surface area contributed by atoms with Crippen LogP contribution in [0.2, 0.25) is 0 Å². The molecule has 7 nitrogen and oxygen atoms in total. The molecule has 0 aliphatic heterocycles. The number of aromatic nitrogens is 6. The number of imidazole rings is 3. The van der Waals surface area contributed by atoms with Crippen LogP contribution in [0.3, 0.4) is 0 Å². The van der Waals surface area contributed by atoms with E-state index in [1.165, 1.54) is 12.1 Å². The molecule has 168 valence electrons. The summed E-state index contributed by atoms with van der Waals surface area (Å²) in [5.74, 6) is 0.451. The molecule has 0 unspecified atom stereocenters. The quantitative estimate of drug-likeness (QED) is 0.399. The molecule has 0 spiro atoms. The van der Waals surface area contributed by atoms with Crippen LogP contribution in [0.5, 0.6) is 0 Å². The van der Waals surface area contributed by atoms with Gasteiger partial charge in [-0.05, 0) is 53.6 Å². The standard InChI is InChI=1S/C26H21FN6O/c1-30-15-28-14-24(30)25-29-20-12-17(16-5-4-6-18(27)11-16)7-9-21(20)33(25)19-8-10-22-23(13-19)32(3)26(34)31(22)2/h4-15H,1-3H3. The van der Waals surface area contributed by atoms with Crippen molar-refractivity contribution in [2.45, 2.75) is 0 Å². The molecule has 0 atom stereocenters. The number of halogens is 1. The Kier molecular flexibility index (Phi) is 4.32. The maximum atomic E-state index is 13.8. The van der Waals surface area contributed by atoms with Crippen LogP contribution in [-0.2, 0) is 21.1 Å². The lowest BCUT2D eigenvalue weighted by Gasteiger charge is -2.11. The van der Waals surface area contributed by atoms with Crippen molar-refractivity contribution in [3.63, 3.8) is 0 Å². The molecular formula is C26H21FN6O. The van der Waals surface area contributed by atoms with Crippen LogP contribution in [0, 0.1) is 5.82 Å². The highest BCUT2D eigenvalue weighted by atomic mass is 19.1. The summed E-state index contributed by atoms with van der Waals surface area (Å²) < 4.78 is 21.1. The molecule has 3 heterocycles. The van der Waals surface area contributed by atoms with Gasteiger partial charge in [0.05, 0.1) is 34.6 Å². The first-order chi connectivity index (χ1) is 16.4. The topological polar surface area (TPSA) is 62.6 Å². The lowest BCUT2D eigenvalue weighted by molar-refractivity contribution is 0.628. The van der Waals surface area contributed by atoms with Gasteiger partial charge in [0, 0.05) is 26.8 Å². The van der Waals surface area contributed by atoms with Gasteiger partial charge in [0.15, 0.2) is 5.82 Å². The van der Waals surface area contributed by atoms with Crippen molar-refractivity contribution in [1.29, 1.82) is 0 Å². The molecule has 0 bridgehead atoms. The zero-order valence-corrected chi connectivity index (χ0v) is 18.9. The highest BCUT2D eigenvalue weighted by Gasteiger charge is 2.19. The zero-order chi connectivity index (χ0) is 23.6. The van der Waals surface area contributed by atoms with E-state index in [9.17, 15) is 9.18 Å². The van der Waals surface area contributed by atoms with E-state index in [4.69, 9.17) is 4.98 Å². The SMILES string of the molecule is Cn1cncc1-c1nc2cc(-c3cccc(F)c3)ccc2n1-c1ccc2c(c1)n(C)c(=O)n2C. The second-order valence-corrected chi connectivity index (χ2v) is 8.45. The molecule has 6 rings (SSSR count). The summed E-state index contributed by atoms with van der Waals surface area (Å²) in [6, 6.07) is 18.4. The molecule has 3 aromatic carbocycles. The van der Waals surface area contributed by atoms with E-state index in [1.807, 2.05) is 54.1 Å². The summed E-state index contributed by atoms with van der Waals surface area (Å²) in [5.41, 5.74) is 6.70. The van der Waals surface area contributed by atoms with Crippen molar-refractivity contribution in [2.75, 3.05) is 0 Å². The molecule has 0 fully saturated rings. The number of rotatable bonds is 3. The minimum atomic E-state index is -0.277. The van der Waals surface area contributed by atoms with Gasteiger partial charge in [0.2, 0.25) is 0 Å². The smallest absolute Gasteiger partial charge is 0.328 e.